The van der Waals surface area contributed by atoms with Crippen molar-refractivity contribution in [2.75, 3.05) is 45.5 Å². The van der Waals surface area contributed by atoms with Crippen LogP contribution in [0.2, 0.25) is 0 Å². The van der Waals surface area contributed by atoms with Gasteiger partial charge in [0.2, 0.25) is 0 Å². The molecule has 0 bridgehead atoms. The SMILES string of the molecule is COc1cccc(C(=O)N(CCN(C)C)c2nc3ccc(SC)cc3s2)c1.Cl. The molecule has 3 aromatic rings. The van der Waals surface area contributed by atoms with Gasteiger partial charge in [-0.15, -0.1) is 24.2 Å². The van der Waals surface area contributed by atoms with Crippen LogP contribution in [0.5, 0.6) is 5.75 Å². The van der Waals surface area contributed by atoms with E-state index in [-0.39, 0.29) is 18.3 Å². The third kappa shape index (κ3) is 5.17. The summed E-state index contributed by atoms with van der Waals surface area (Å²) in [5.41, 5.74) is 1.51. The molecular weight excluding hydrogens is 414 g/mol. The summed E-state index contributed by atoms with van der Waals surface area (Å²) in [4.78, 5) is 23.0. The number of thioether (sulfide) groups is 1. The lowest BCUT2D eigenvalue weighted by atomic mass is 10.2. The maximum atomic E-state index is 13.2. The number of halogens is 1. The molecule has 0 radical (unpaired) electrons. The van der Waals surface area contributed by atoms with E-state index in [2.05, 4.69) is 23.3 Å². The number of nitrogens with zero attached hydrogens (tertiary/aromatic N) is 3. The van der Waals surface area contributed by atoms with Gasteiger partial charge in [0, 0.05) is 23.5 Å². The highest BCUT2D eigenvalue weighted by atomic mass is 35.5. The van der Waals surface area contributed by atoms with Crippen molar-refractivity contribution in [2.45, 2.75) is 4.90 Å². The van der Waals surface area contributed by atoms with Crippen LogP contribution in [-0.4, -0.2) is 56.3 Å². The number of hydrogen-bond donors (Lipinski definition) is 0. The summed E-state index contributed by atoms with van der Waals surface area (Å²) in [7, 11) is 5.60. The minimum Gasteiger partial charge on any atom is -0.497 e. The summed E-state index contributed by atoms with van der Waals surface area (Å²) in [5.74, 6) is 0.599. The summed E-state index contributed by atoms with van der Waals surface area (Å²) in [6.45, 7) is 1.32. The van der Waals surface area contributed by atoms with Gasteiger partial charge in [0.1, 0.15) is 5.75 Å². The average molecular weight is 438 g/mol. The van der Waals surface area contributed by atoms with Gasteiger partial charge in [-0.1, -0.05) is 17.4 Å². The zero-order valence-electron chi connectivity index (χ0n) is 16.3. The van der Waals surface area contributed by atoms with E-state index >= 15 is 0 Å². The molecule has 0 saturated carbocycles. The Morgan fingerprint density at radius 2 is 1.96 bits per heavy atom. The maximum Gasteiger partial charge on any atom is 0.260 e. The molecule has 0 N–H and O–H groups in total. The minimum atomic E-state index is -0.0695. The van der Waals surface area contributed by atoms with Crippen molar-refractivity contribution in [1.29, 1.82) is 0 Å². The highest BCUT2D eigenvalue weighted by Crippen LogP contribution is 2.32. The summed E-state index contributed by atoms with van der Waals surface area (Å²) in [6.07, 6.45) is 2.05. The van der Waals surface area contributed by atoms with E-state index in [1.165, 1.54) is 4.90 Å². The Balaban J connectivity index is 0.00000280. The zero-order valence-corrected chi connectivity index (χ0v) is 18.8. The summed E-state index contributed by atoms with van der Waals surface area (Å²) in [5, 5.41) is 0.720. The van der Waals surface area contributed by atoms with E-state index in [9.17, 15) is 4.79 Å². The van der Waals surface area contributed by atoms with Gasteiger partial charge in [-0.3, -0.25) is 9.69 Å². The monoisotopic (exact) mass is 437 g/mol. The molecule has 1 amide bonds. The molecule has 0 unspecified atom stereocenters. The molecule has 0 aliphatic carbocycles. The molecule has 0 aliphatic rings. The molecule has 1 aromatic heterocycles. The van der Waals surface area contributed by atoms with Gasteiger partial charge < -0.3 is 9.64 Å². The number of amides is 1. The lowest BCUT2D eigenvalue weighted by Gasteiger charge is -2.22. The summed E-state index contributed by atoms with van der Waals surface area (Å²) in [6, 6.07) is 13.5. The molecule has 3 rings (SSSR count). The van der Waals surface area contributed by atoms with Crippen molar-refractivity contribution < 1.29 is 9.53 Å². The molecule has 8 heteroatoms. The van der Waals surface area contributed by atoms with Gasteiger partial charge in [-0.25, -0.2) is 4.98 Å². The van der Waals surface area contributed by atoms with Gasteiger partial charge in [-0.05, 0) is 56.7 Å². The van der Waals surface area contributed by atoms with Gasteiger partial charge in [-0.2, -0.15) is 0 Å². The van der Waals surface area contributed by atoms with Crippen LogP contribution in [0.4, 0.5) is 5.13 Å². The standard InChI is InChI=1S/C20H23N3O2S2.ClH/c1-22(2)10-11-23(19(24)14-6-5-7-15(12-14)25-3)20-21-17-9-8-16(26-4)13-18(17)27-20;/h5-9,12-13H,10-11H2,1-4H3;1H. The van der Waals surface area contributed by atoms with Crippen LogP contribution in [0.15, 0.2) is 47.4 Å². The van der Waals surface area contributed by atoms with Crippen LogP contribution < -0.4 is 9.64 Å². The van der Waals surface area contributed by atoms with Crippen LogP contribution in [0, 0.1) is 0 Å². The second kappa shape index (κ2) is 10.1. The molecule has 0 spiro atoms. The molecule has 2 aromatic carbocycles. The van der Waals surface area contributed by atoms with E-state index in [1.807, 2.05) is 38.4 Å². The van der Waals surface area contributed by atoms with Gasteiger partial charge >= 0.3 is 0 Å². The lowest BCUT2D eigenvalue weighted by Crippen LogP contribution is -2.36. The number of aromatic nitrogens is 1. The second-order valence-corrected chi connectivity index (χ2v) is 8.21. The van der Waals surface area contributed by atoms with Gasteiger partial charge in [0.15, 0.2) is 5.13 Å². The highest BCUT2D eigenvalue weighted by molar-refractivity contribution is 7.98. The fourth-order valence-electron chi connectivity index (χ4n) is 2.63. The summed E-state index contributed by atoms with van der Waals surface area (Å²) < 4.78 is 6.36. The predicted molar refractivity (Wildman–Crippen MR) is 122 cm³/mol. The fraction of sp³-hybridized carbons (Fsp3) is 0.300. The van der Waals surface area contributed by atoms with E-state index in [4.69, 9.17) is 9.72 Å². The van der Waals surface area contributed by atoms with E-state index < -0.39 is 0 Å². The minimum absolute atomic E-state index is 0. The number of carbonyl (C=O) groups is 1. The Bertz CT molecular complexity index is 946. The molecule has 1 heterocycles. The number of likely N-dealkylation sites (N-methyl/N-ethyl adjacent to an activating group) is 1. The first kappa shape index (κ1) is 22.5. The van der Waals surface area contributed by atoms with Crippen LogP contribution in [0.3, 0.4) is 0 Å². The quantitative estimate of drug-likeness (QED) is 0.503. The lowest BCUT2D eigenvalue weighted by molar-refractivity contribution is 0.0985. The topological polar surface area (TPSA) is 45.7 Å². The van der Waals surface area contributed by atoms with Crippen LogP contribution in [0.25, 0.3) is 10.2 Å². The van der Waals surface area contributed by atoms with Gasteiger partial charge in [0.05, 0.1) is 17.3 Å². The fourth-order valence-corrected chi connectivity index (χ4v) is 4.17. The Labute approximate surface area is 180 Å². The zero-order chi connectivity index (χ0) is 19.4. The molecule has 28 heavy (non-hydrogen) atoms. The van der Waals surface area contributed by atoms with Crippen molar-refractivity contribution in [3.63, 3.8) is 0 Å². The summed E-state index contributed by atoms with van der Waals surface area (Å²) >= 11 is 3.25. The first-order valence-corrected chi connectivity index (χ1v) is 10.6. The smallest absolute Gasteiger partial charge is 0.260 e. The van der Waals surface area contributed by atoms with Gasteiger partial charge in [0.25, 0.3) is 5.91 Å². The van der Waals surface area contributed by atoms with E-state index in [0.717, 1.165) is 21.9 Å². The largest absolute Gasteiger partial charge is 0.497 e. The molecule has 0 atom stereocenters. The van der Waals surface area contributed by atoms with Crippen molar-refractivity contribution in [1.82, 2.24) is 9.88 Å². The third-order valence-corrected chi connectivity index (χ3v) is 5.91. The van der Waals surface area contributed by atoms with Crippen molar-refractivity contribution in [2.24, 2.45) is 0 Å². The van der Waals surface area contributed by atoms with Crippen LogP contribution in [-0.2, 0) is 0 Å². The van der Waals surface area contributed by atoms with E-state index in [1.54, 1.807) is 41.2 Å². The molecule has 5 nitrogen and oxygen atoms in total. The molecule has 0 saturated heterocycles. The predicted octanol–water partition coefficient (Wildman–Crippen LogP) is 4.66. The molecular formula is C20H24ClN3O2S2. The Morgan fingerprint density at radius 1 is 1.18 bits per heavy atom. The number of carbonyl (C=O) groups excluding carboxylic acids is 1. The van der Waals surface area contributed by atoms with Crippen molar-refractivity contribution in [3.8, 4) is 5.75 Å². The normalized spacial score (nSPS) is 10.8. The Kier molecular flexibility index (Phi) is 8.12. The number of fused-ring (bicyclic) bond motifs is 1. The Morgan fingerprint density at radius 3 is 2.64 bits per heavy atom. The van der Waals surface area contributed by atoms with Crippen LogP contribution >= 0.6 is 35.5 Å². The molecule has 150 valence electrons. The number of methoxy groups -OCH3 is 1. The number of rotatable bonds is 7. The average Bonchev–Trinajstić information content (AvgIpc) is 3.10. The number of ether oxygens (including phenoxy) is 1. The van der Waals surface area contributed by atoms with E-state index in [0.29, 0.717) is 17.9 Å². The van der Waals surface area contributed by atoms with Crippen molar-refractivity contribution in [3.05, 3.63) is 48.0 Å². The van der Waals surface area contributed by atoms with Crippen LogP contribution in [0.1, 0.15) is 10.4 Å². The maximum absolute atomic E-state index is 13.2. The molecule has 0 fully saturated rings. The third-order valence-electron chi connectivity index (χ3n) is 4.15. The first-order chi connectivity index (χ1) is 13.0. The number of anilines is 1. The second-order valence-electron chi connectivity index (χ2n) is 6.32. The highest BCUT2D eigenvalue weighted by Gasteiger charge is 2.22. The number of hydrogen-bond acceptors (Lipinski definition) is 6. The number of thiazole rings is 1. The first-order valence-electron chi connectivity index (χ1n) is 8.57. The molecule has 0 aliphatic heterocycles. The Hall–Kier alpha value is -1.80. The van der Waals surface area contributed by atoms with Crippen molar-refractivity contribution >= 4 is 56.8 Å². The number of benzene rings is 2.